The Morgan fingerprint density at radius 1 is 1.11 bits per heavy atom. The van der Waals surface area contributed by atoms with Gasteiger partial charge in [0.15, 0.2) is 6.61 Å². The fraction of sp³-hybridized carbons (Fsp3) is 0.423. The third kappa shape index (κ3) is 4.21. The number of carbonyl (C=O) groups is 4. The van der Waals surface area contributed by atoms with Gasteiger partial charge in [-0.15, -0.1) is 0 Å². The molecule has 4 rings (SSSR count). The summed E-state index contributed by atoms with van der Waals surface area (Å²) in [5.41, 5.74) is 1.69. The smallest absolute Gasteiger partial charge is 0.327 e. The Balaban J connectivity index is 1.42. The maximum atomic E-state index is 13.0. The Kier molecular flexibility index (Phi) is 6.84. The first-order valence-electron chi connectivity index (χ1n) is 11.9. The van der Waals surface area contributed by atoms with Gasteiger partial charge in [-0.25, -0.2) is 4.79 Å². The quantitative estimate of drug-likeness (QED) is 0.489. The topological polar surface area (TPSA) is 125 Å². The largest absolute Gasteiger partial charge is 0.454 e. The highest BCUT2D eigenvalue weighted by molar-refractivity contribution is 6.08. The van der Waals surface area contributed by atoms with Crippen molar-refractivity contribution in [2.45, 2.75) is 51.5 Å². The second kappa shape index (κ2) is 9.85. The number of nitrogens with zero attached hydrogens (tertiary/aromatic N) is 4. The second-order valence-corrected chi connectivity index (χ2v) is 9.25. The molecule has 2 aliphatic rings. The molecule has 10 heteroatoms. The Morgan fingerprint density at radius 3 is 2.42 bits per heavy atom. The van der Waals surface area contributed by atoms with Crippen molar-refractivity contribution in [3.63, 3.8) is 0 Å². The number of benzene rings is 1. The van der Waals surface area contributed by atoms with E-state index < -0.39 is 36.6 Å². The summed E-state index contributed by atoms with van der Waals surface area (Å²) >= 11 is 0. The number of nitriles is 1. The van der Waals surface area contributed by atoms with Crippen LogP contribution in [0.1, 0.15) is 48.9 Å². The number of carbonyl (C=O) groups excluding carboxylic acids is 4. The number of hydrogen-bond donors (Lipinski definition) is 1. The number of hydrogen-bond acceptors (Lipinski definition) is 6. The van der Waals surface area contributed by atoms with Crippen LogP contribution in [0, 0.1) is 25.2 Å². The normalized spacial score (nSPS) is 16.8. The van der Waals surface area contributed by atoms with Gasteiger partial charge in [0.1, 0.15) is 24.0 Å². The zero-order valence-electron chi connectivity index (χ0n) is 20.7. The van der Waals surface area contributed by atoms with Gasteiger partial charge in [0.2, 0.25) is 0 Å². The van der Waals surface area contributed by atoms with Crippen LogP contribution >= 0.6 is 0 Å². The molecule has 1 N–H and O–H groups in total. The molecule has 10 nitrogen and oxygen atoms in total. The second-order valence-electron chi connectivity index (χ2n) is 9.25. The highest BCUT2D eigenvalue weighted by atomic mass is 16.5. The van der Waals surface area contributed by atoms with E-state index in [0.717, 1.165) is 41.1 Å². The molecule has 2 aromatic rings. The molecule has 2 fully saturated rings. The fourth-order valence-electron chi connectivity index (χ4n) is 5.12. The molecule has 1 saturated heterocycles. The summed E-state index contributed by atoms with van der Waals surface area (Å²) in [6.45, 7) is 2.46. The van der Waals surface area contributed by atoms with Crippen LogP contribution in [0.15, 0.2) is 30.3 Å². The summed E-state index contributed by atoms with van der Waals surface area (Å²) in [4.78, 5) is 53.2. The van der Waals surface area contributed by atoms with Crippen molar-refractivity contribution in [2.75, 3.05) is 25.5 Å². The highest BCUT2D eigenvalue weighted by Gasteiger charge is 2.56. The molecule has 1 aromatic heterocycles. The molecule has 2 heterocycles. The van der Waals surface area contributed by atoms with Crippen molar-refractivity contribution in [1.29, 1.82) is 5.26 Å². The lowest BCUT2D eigenvalue weighted by Gasteiger charge is -2.35. The van der Waals surface area contributed by atoms with E-state index >= 15 is 0 Å². The minimum Gasteiger partial charge on any atom is -0.454 e. The van der Waals surface area contributed by atoms with Crippen molar-refractivity contribution in [3.8, 4) is 11.8 Å². The highest BCUT2D eigenvalue weighted by Crippen LogP contribution is 2.39. The van der Waals surface area contributed by atoms with Gasteiger partial charge in [0, 0.05) is 18.4 Å². The summed E-state index contributed by atoms with van der Waals surface area (Å²) in [6, 6.07) is 10.8. The molecular formula is C26H29N5O5. The van der Waals surface area contributed by atoms with Gasteiger partial charge in [-0.2, -0.15) is 5.26 Å². The van der Waals surface area contributed by atoms with Crippen LogP contribution in [0.25, 0.3) is 5.69 Å². The van der Waals surface area contributed by atoms with Crippen LogP contribution in [0.4, 0.5) is 10.6 Å². The molecule has 36 heavy (non-hydrogen) atoms. The van der Waals surface area contributed by atoms with Crippen LogP contribution in [0.2, 0.25) is 0 Å². The van der Waals surface area contributed by atoms with Crippen LogP contribution in [0.3, 0.4) is 0 Å². The molecule has 0 bridgehead atoms. The Morgan fingerprint density at radius 2 is 1.78 bits per heavy atom. The van der Waals surface area contributed by atoms with E-state index in [9.17, 15) is 24.4 Å². The van der Waals surface area contributed by atoms with Gasteiger partial charge in [-0.05, 0) is 44.4 Å². The Bertz CT molecular complexity index is 1250. The van der Waals surface area contributed by atoms with Crippen LogP contribution in [-0.4, -0.2) is 63.9 Å². The van der Waals surface area contributed by atoms with Gasteiger partial charge in [0.25, 0.3) is 11.8 Å². The number of ether oxygens (including phenoxy) is 1. The van der Waals surface area contributed by atoms with E-state index in [1.165, 1.54) is 4.90 Å². The number of urea groups is 1. The Hall–Kier alpha value is -4.13. The number of esters is 1. The number of aromatic nitrogens is 1. The molecular weight excluding hydrogens is 462 g/mol. The molecule has 1 aliphatic carbocycles. The van der Waals surface area contributed by atoms with Gasteiger partial charge in [-0.3, -0.25) is 23.9 Å². The molecule has 1 aromatic carbocycles. The lowest BCUT2D eigenvalue weighted by atomic mass is 9.81. The number of imide groups is 1. The van der Waals surface area contributed by atoms with Crippen LogP contribution in [-0.2, 0) is 19.1 Å². The Labute approximate surface area is 209 Å². The first kappa shape index (κ1) is 25.0. The van der Waals surface area contributed by atoms with E-state index in [1.54, 1.807) is 18.5 Å². The lowest BCUT2D eigenvalue weighted by Crippen LogP contribution is -2.49. The minimum absolute atomic E-state index is 0.283. The number of para-hydroxylation sites is 1. The van der Waals surface area contributed by atoms with Crippen molar-refractivity contribution in [3.05, 3.63) is 47.2 Å². The third-order valence-corrected chi connectivity index (χ3v) is 7.23. The SMILES string of the molecule is Cc1c(C#N)c(NC(=O)COC(=O)CN2C(=O)N(C)C3(CCCCC3)C2=O)n(-c2ccccc2)c1C. The van der Waals surface area contributed by atoms with E-state index in [1.807, 2.05) is 37.3 Å². The van der Waals surface area contributed by atoms with Gasteiger partial charge in [0.05, 0.1) is 5.56 Å². The van der Waals surface area contributed by atoms with Crippen molar-refractivity contribution in [2.24, 2.45) is 0 Å². The zero-order chi connectivity index (χ0) is 26.0. The number of amides is 4. The zero-order valence-corrected chi connectivity index (χ0v) is 20.7. The van der Waals surface area contributed by atoms with Crippen molar-refractivity contribution >= 4 is 29.6 Å². The molecule has 188 valence electrons. The van der Waals surface area contributed by atoms with Gasteiger partial charge in [-0.1, -0.05) is 37.5 Å². The van der Waals surface area contributed by atoms with Crippen molar-refractivity contribution < 1.29 is 23.9 Å². The first-order valence-corrected chi connectivity index (χ1v) is 11.9. The predicted octanol–water partition coefficient (Wildman–Crippen LogP) is 3.04. The van der Waals surface area contributed by atoms with E-state index in [-0.39, 0.29) is 11.7 Å². The molecule has 0 atom stereocenters. The average Bonchev–Trinajstić information content (AvgIpc) is 3.21. The first-order chi connectivity index (χ1) is 17.2. The van der Waals surface area contributed by atoms with Crippen LogP contribution in [0.5, 0.6) is 0 Å². The lowest BCUT2D eigenvalue weighted by molar-refractivity contribution is -0.150. The third-order valence-electron chi connectivity index (χ3n) is 7.23. The fourth-order valence-corrected chi connectivity index (χ4v) is 5.12. The molecule has 4 amide bonds. The summed E-state index contributed by atoms with van der Waals surface area (Å²) < 4.78 is 6.85. The minimum atomic E-state index is -0.890. The maximum absolute atomic E-state index is 13.0. The number of likely N-dealkylation sites (N-methyl/N-ethyl adjacent to an activating group) is 1. The van der Waals surface area contributed by atoms with Gasteiger partial charge >= 0.3 is 12.0 Å². The maximum Gasteiger partial charge on any atom is 0.327 e. The summed E-state index contributed by atoms with van der Waals surface area (Å²) in [5, 5.41) is 12.4. The predicted molar refractivity (Wildman–Crippen MR) is 130 cm³/mol. The average molecular weight is 492 g/mol. The monoisotopic (exact) mass is 491 g/mol. The molecule has 1 saturated carbocycles. The van der Waals surface area contributed by atoms with Crippen molar-refractivity contribution in [1.82, 2.24) is 14.4 Å². The standard InChI is InChI=1S/C26H29N5O5/c1-17-18(2)31(19-10-6-4-7-11-19)23(20(17)14-27)28-21(32)16-36-22(33)15-30-24(34)26(29(3)25(30)35)12-8-5-9-13-26/h4,6-7,10-11H,5,8-9,12-13,15-16H2,1-3H3,(H,28,32). The summed E-state index contributed by atoms with van der Waals surface area (Å²) in [7, 11) is 1.59. The van der Waals surface area contributed by atoms with Gasteiger partial charge < -0.3 is 15.0 Å². The van der Waals surface area contributed by atoms with Crippen LogP contribution < -0.4 is 5.32 Å². The van der Waals surface area contributed by atoms with E-state index in [4.69, 9.17) is 4.74 Å². The summed E-state index contributed by atoms with van der Waals surface area (Å²) in [5.74, 6) is -1.61. The van der Waals surface area contributed by atoms with E-state index in [2.05, 4.69) is 11.4 Å². The molecule has 0 unspecified atom stereocenters. The molecule has 0 radical (unpaired) electrons. The summed E-state index contributed by atoms with van der Waals surface area (Å²) in [6.07, 6.45) is 3.84. The number of nitrogens with one attached hydrogen (secondary N) is 1. The van der Waals surface area contributed by atoms with E-state index in [0.29, 0.717) is 18.4 Å². The molecule has 1 aliphatic heterocycles. The number of anilines is 1. The molecule has 1 spiro atoms. The number of rotatable bonds is 6.